The number of hydrogen-bond donors (Lipinski definition) is 2. The van der Waals surface area contributed by atoms with Crippen molar-refractivity contribution >= 4 is 11.6 Å². The zero-order valence-corrected chi connectivity index (χ0v) is 28.6. The molecule has 0 amide bonds. The van der Waals surface area contributed by atoms with Crippen LogP contribution in [0.4, 0.5) is 0 Å². The highest BCUT2D eigenvalue weighted by Gasteiger charge is 2.58. The van der Waals surface area contributed by atoms with Gasteiger partial charge in [-0.15, -0.1) is 0 Å². The van der Waals surface area contributed by atoms with Crippen LogP contribution in [0.2, 0.25) is 0 Å². The smallest absolute Gasteiger partial charge is 0.146 e. The van der Waals surface area contributed by atoms with Gasteiger partial charge in [0.2, 0.25) is 0 Å². The molecule has 2 N–H and O–H groups in total. The SMILES string of the molecule is CC(C)NCCOc1ccc2c(c1)[C@@]1(C)CCC[C@](C)(C(=O)CC(=O)[C@@]3(C)CCC[C@]4(C)c5cc(O)ccc5CC[C@@H]34)[C@@H]1CC2. The zero-order chi connectivity index (χ0) is 32.2. The minimum Gasteiger partial charge on any atom is -0.508 e. The average Bonchev–Trinajstić information content (AvgIpc) is 2.99. The van der Waals surface area contributed by atoms with Crippen LogP contribution in [0.15, 0.2) is 36.4 Å². The third-order valence-electron chi connectivity index (χ3n) is 13.2. The Hall–Kier alpha value is -2.66. The molecule has 6 atom stereocenters. The lowest BCUT2D eigenvalue weighted by Gasteiger charge is -2.56. The maximum atomic E-state index is 14.5. The van der Waals surface area contributed by atoms with Crippen LogP contribution in [0.1, 0.15) is 122 Å². The van der Waals surface area contributed by atoms with Gasteiger partial charge < -0.3 is 15.2 Å². The molecule has 4 aliphatic carbocycles. The lowest BCUT2D eigenvalue weighted by Crippen LogP contribution is -2.55. The number of aromatic hydroxyl groups is 1. The van der Waals surface area contributed by atoms with Gasteiger partial charge in [-0.05, 0) is 121 Å². The van der Waals surface area contributed by atoms with E-state index in [0.717, 1.165) is 76.5 Å². The van der Waals surface area contributed by atoms with Crippen molar-refractivity contribution in [3.8, 4) is 11.5 Å². The van der Waals surface area contributed by atoms with Crippen molar-refractivity contribution in [3.05, 3.63) is 58.7 Å². The molecule has 0 radical (unpaired) electrons. The van der Waals surface area contributed by atoms with Crippen LogP contribution < -0.4 is 10.1 Å². The van der Waals surface area contributed by atoms with Crippen LogP contribution in [-0.2, 0) is 33.3 Å². The summed E-state index contributed by atoms with van der Waals surface area (Å²) >= 11 is 0. The fraction of sp³-hybridized carbons (Fsp3) is 0.650. The Kier molecular flexibility index (Phi) is 8.50. The summed E-state index contributed by atoms with van der Waals surface area (Å²) in [5.74, 6) is 1.88. The monoisotopic (exact) mass is 613 g/mol. The third-order valence-corrected chi connectivity index (χ3v) is 13.2. The molecule has 0 aliphatic heterocycles. The van der Waals surface area contributed by atoms with Gasteiger partial charge in [0.05, 0.1) is 6.42 Å². The number of aryl methyl sites for hydroxylation is 2. The number of phenolic OH excluding ortho intramolecular Hbond substituents is 1. The maximum absolute atomic E-state index is 14.5. The Morgan fingerprint density at radius 3 is 1.91 bits per heavy atom. The van der Waals surface area contributed by atoms with Gasteiger partial charge in [0, 0.05) is 23.4 Å². The molecule has 0 heterocycles. The van der Waals surface area contributed by atoms with Crippen LogP contribution in [0.25, 0.3) is 0 Å². The van der Waals surface area contributed by atoms with E-state index in [4.69, 9.17) is 4.74 Å². The van der Waals surface area contributed by atoms with E-state index in [9.17, 15) is 14.7 Å². The summed E-state index contributed by atoms with van der Waals surface area (Å²) < 4.78 is 6.17. The minimum absolute atomic E-state index is 0.0396. The number of ether oxygens (including phenoxy) is 1. The maximum Gasteiger partial charge on any atom is 0.146 e. The number of benzene rings is 2. The number of hydrogen-bond acceptors (Lipinski definition) is 5. The number of ketones is 2. The summed E-state index contributed by atoms with van der Waals surface area (Å²) in [4.78, 5) is 29.0. The fourth-order valence-corrected chi connectivity index (χ4v) is 10.7. The molecule has 0 aromatic heterocycles. The number of carbonyl (C=O) groups is 2. The number of nitrogens with one attached hydrogen (secondary N) is 1. The molecule has 2 aromatic carbocycles. The standard InChI is InChI=1S/C40H55NO4/c1-26(2)41-21-22-45-30-14-10-28-12-16-34-38(4,32(28)24-30)18-8-20-40(34,6)36(44)25-35(43)39(5)19-7-17-37(3)31-23-29(42)13-9-27(31)11-15-33(37)39/h9-10,13-14,23-24,26,33-34,41-42H,7-8,11-12,15-22,25H2,1-6H3/t33-,34-,37-,38-,39+,40+/m1/s1. The molecule has 244 valence electrons. The number of phenols is 1. The van der Waals surface area contributed by atoms with Crippen LogP contribution >= 0.6 is 0 Å². The highest BCUT2D eigenvalue weighted by atomic mass is 16.5. The quantitative estimate of drug-likeness (QED) is 0.221. The van der Waals surface area contributed by atoms with Gasteiger partial charge in [0.1, 0.15) is 29.7 Å². The zero-order valence-electron chi connectivity index (χ0n) is 28.6. The van der Waals surface area contributed by atoms with Crippen molar-refractivity contribution < 1.29 is 19.4 Å². The highest BCUT2D eigenvalue weighted by molar-refractivity contribution is 6.04. The molecule has 5 heteroatoms. The van der Waals surface area contributed by atoms with Gasteiger partial charge in [0.15, 0.2) is 0 Å². The van der Waals surface area contributed by atoms with Gasteiger partial charge in [-0.1, -0.05) is 66.5 Å². The predicted molar refractivity (Wildman–Crippen MR) is 180 cm³/mol. The van der Waals surface area contributed by atoms with E-state index in [0.29, 0.717) is 18.4 Å². The van der Waals surface area contributed by atoms with Crippen molar-refractivity contribution in [1.82, 2.24) is 5.32 Å². The number of rotatable bonds is 9. The summed E-state index contributed by atoms with van der Waals surface area (Å²) in [5.41, 5.74) is 3.91. The van der Waals surface area contributed by atoms with Gasteiger partial charge in [-0.2, -0.15) is 0 Å². The lowest BCUT2D eigenvalue weighted by atomic mass is 9.47. The predicted octanol–water partition coefficient (Wildman–Crippen LogP) is 8.02. The minimum atomic E-state index is -0.532. The summed E-state index contributed by atoms with van der Waals surface area (Å²) in [6.45, 7) is 14.7. The van der Waals surface area contributed by atoms with Gasteiger partial charge in [-0.25, -0.2) is 0 Å². The van der Waals surface area contributed by atoms with Crippen molar-refractivity contribution in [3.63, 3.8) is 0 Å². The Balaban J connectivity index is 1.22. The van der Waals surface area contributed by atoms with Crippen molar-refractivity contribution in [2.75, 3.05) is 13.2 Å². The van der Waals surface area contributed by atoms with Crippen molar-refractivity contribution in [2.24, 2.45) is 22.7 Å². The van der Waals surface area contributed by atoms with Crippen LogP contribution in [-0.4, -0.2) is 35.9 Å². The van der Waals surface area contributed by atoms with E-state index in [1.807, 2.05) is 6.07 Å². The van der Waals surface area contributed by atoms with Crippen LogP contribution in [0.5, 0.6) is 11.5 Å². The van der Waals surface area contributed by atoms with E-state index < -0.39 is 10.8 Å². The largest absolute Gasteiger partial charge is 0.508 e. The molecular weight excluding hydrogens is 558 g/mol. The number of carbonyl (C=O) groups excluding carboxylic acids is 2. The Morgan fingerprint density at radius 1 is 0.822 bits per heavy atom. The first-order valence-electron chi connectivity index (χ1n) is 17.7. The molecule has 6 rings (SSSR count). The van der Waals surface area contributed by atoms with Gasteiger partial charge in [0.25, 0.3) is 0 Å². The van der Waals surface area contributed by atoms with Gasteiger partial charge >= 0.3 is 0 Å². The summed E-state index contributed by atoms with van der Waals surface area (Å²) in [5, 5.41) is 13.8. The second kappa shape index (κ2) is 11.9. The molecule has 5 nitrogen and oxygen atoms in total. The molecule has 0 spiro atoms. The number of Topliss-reactive ketones (excluding diaryl/α,β-unsaturated/α-hetero) is 2. The van der Waals surface area contributed by atoms with E-state index in [1.54, 1.807) is 6.07 Å². The molecule has 0 bridgehead atoms. The second-order valence-corrected chi connectivity index (χ2v) is 16.2. The second-order valence-electron chi connectivity index (χ2n) is 16.2. The van der Waals surface area contributed by atoms with E-state index in [2.05, 4.69) is 71.1 Å². The van der Waals surface area contributed by atoms with Crippen molar-refractivity contribution in [2.45, 2.75) is 129 Å². The van der Waals surface area contributed by atoms with Crippen LogP contribution in [0.3, 0.4) is 0 Å². The average molecular weight is 614 g/mol. The fourth-order valence-electron chi connectivity index (χ4n) is 10.7. The third kappa shape index (κ3) is 5.45. The molecular formula is C40H55NO4. The summed E-state index contributed by atoms with van der Waals surface area (Å²) in [6, 6.07) is 12.8. The lowest BCUT2D eigenvalue weighted by molar-refractivity contribution is -0.146. The normalized spacial score (nSPS) is 33.8. The van der Waals surface area contributed by atoms with Crippen LogP contribution in [0, 0.1) is 22.7 Å². The Morgan fingerprint density at radius 2 is 1.36 bits per heavy atom. The Labute approximate surface area is 270 Å². The molecule has 0 unspecified atom stereocenters. The summed E-state index contributed by atoms with van der Waals surface area (Å²) in [7, 11) is 0. The first-order chi connectivity index (χ1) is 21.3. The molecule has 2 fully saturated rings. The van der Waals surface area contributed by atoms with Gasteiger partial charge in [-0.3, -0.25) is 9.59 Å². The first kappa shape index (κ1) is 32.3. The molecule has 2 saturated carbocycles. The molecule has 2 aromatic rings. The first-order valence-corrected chi connectivity index (χ1v) is 17.7. The Bertz CT molecular complexity index is 1460. The highest BCUT2D eigenvalue weighted by Crippen LogP contribution is 2.60. The molecule has 4 aliphatic rings. The van der Waals surface area contributed by atoms with E-state index >= 15 is 0 Å². The van der Waals surface area contributed by atoms with Crippen molar-refractivity contribution in [1.29, 1.82) is 0 Å². The van der Waals surface area contributed by atoms with E-state index in [1.165, 1.54) is 22.3 Å². The molecule has 0 saturated heterocycles. The summed E-state index contributed by atoms with van der Waals surface area (Å²) in [6.07, 6.45) is 9.59. The topological polar surface area (TPSA) is 75.6 Å². The molecule has 45 heavy (non-hydrogen) atoms. The number of fused-ring (bicyclic) bond motifs is 6. The van der Waals surface area contributed by atoms with E-state index in [-0.39, 0.29) is 40.7 Å².